The first-order chi connectivity index (χ1) is 13.6. The fourth-order valence-electron chi connectivity index (χ4n) is 2.36. The molecule has 0 spiro atoms. The zero-order chi connectivity index (χ0) is 20.6. The van der Waals surface area contributed by atoms with E-state index >= 15 is 0 Å². The molecule has 0 aliphatic rings. The number of aromatic nitrogens is 4. The van der Waals surface area contributed by atoms with Crippen LogP contribution in [0.4, 0.5) is 0 Å². The normalized spacial score (nSPS) is 10.1. The highest BCUT2D eigenvalue weighted by molar-refractivity contribution is 5.16. The van der Waals surface area contributed by atoms with E-state index in [-0.39, 0.29) is 0 Å². The van der Waals surface area contributed by atoms with Gasteiger partial charge in [-0.1, -0.05) is 46.5 Å². The van der Waals surface area contributed by atoms with Gasteiger partial charge in [0.25, 0.3) is 11.6 Å². The van der Waals surface area contributed by atoms with Crippen LogP contribution in [0.3, 0.4) is 0 Å². The van der Waals surface area contributed by atoms with Crippen LogP contribution < -0.4 is 14.2 Å². The third-order valence-electron chi connectivity index (χ3n) is 4.08. The van der Waals surface area contributed by atoms with E-state index in [1.165, 1.54) is 25.2 Å². The maximum absolute atomic E-state index is 11.1. The van der Waals surface area contributed by atoms with E-state index in [1.807, 2.05) is 0 Å². The summed E-state index contributed by atoms with van der Waals surface area (Å²) in [6.07, 6.45) is 13.9. The minimum absolute atomic E-state index is 0.443. The van der Waals surface area contributed by atoms with E-state index in [0.717, 1.165) is 49.1 Å². The molecule has 0 fully saturated rings. The Morgan fingerprint density at radius 1 is 0.821 bits per heavy atom. The van der Waals surface area contributed by atoms with Crippen molar-refractivity contribution in [3.8, 4) is 11.8 Å². The van der Waals surface area contributed by atoms with Crippen LogP contribution >= 0.6 is 0 Å². The van der Waals surface area contributed by atoms with Crippen LogP contribution in [0.5, 0.6) is 11.8 Å². The number of rotatable bonds is 11. The number of hydrogen-bond acceptors (Lipinski definition) is 6. The van der Waals surface area contributed by atoms with E-state index in [0.29, 0.717) is 24.1 Å². The van der Waals surface area contributed by atoms with E-state index in [4.69, 9.17) is 9.47 Å². The summed E-state index contributed by atoms with van der Waals surface area (Å²) in [6, 6.07) is 0. The van der Waals surface area contributed by atoms with Crippen molar-refractivity contribution in [3.63, 3.8) is 0 Å². The highest BCUT2D eigenvalue weighted by atomic mass is 16.5. The van der Waals surface area contributed by atoms with E-state index in [9.17, 15) is 5.21 Å². The van der Waals surface area contributed by atoms with Crippen LogP contribution in [0.2, 0.25) is 0 Å². The van der Waals surface area contributed by atoms with Gasteiger partial charge in [-0.25, -0.2) is 9.97 Å². The lowest BCUT2D eigenvalue weighted by Crippen LogP contribution is -2.30. The van der Waals surface area contributed by atoms with Crippen molar-refractivity contribution in [3.05, 3.63) is 41.4 Å². The zero-order valence-corrected chi connectivity index (χ0v) is 17.7. The summed E-state index contributed by atoms with van der Waals surface area (Å²) in [6.45, 7) is 9.46. The smallest absolute Gasteiger partial charge is 0.284 e. The molecule has 0 saturated carbocycles. The van der Waals surface area contributed by atoms with Crippen molar-refractivity contribution in [2.75, 3.05) is 13.2 Å². The highest BCUT2D eigenvalue weighted by Gasteiger charge is 2.08. The van der Waals surface area contributed by atoms with E-state index in [2.05, 4.69) is 35.7 Å². The molecule has 0 aliphatic heterocycles. The maximum Gasteiger partial charge on any atom is 0.284 e. The fourth-order valence-corrected chi connectivity index (χ4v) is 2.36. The van der Waals surface area contributed by atoms with Crippen LogP contribution in [0, 0.1) is 12.1 Å². The molecule has 0 unspecified atom stereocenters. The van der Waals surface area contributed by atoms with E-state index < -0.39 is 0 Å². The van der Waals surface area contributed by atoms with Gasteiger partial charge < -0.3 is 14.7 Å². The molecule has 0 aliphatic carbocycles. The van der Waals surface area contributed by atoms with Gasteiger partial charge in [-0.05, 0) is 19.3 Å². The van der Waals surface area contributed by atoms with Gasteiger partial charge in [0.15, 0.2) is 6.20 Å². The number of nitrogens with zero attached hydrogens (tertiary/aromatic N) is 4. The van der Waals surface area contributed by atoms with Gasteiger partial charge in [-0.2, -0.15) is 4.73 Å². The molecule has 0 N–H and O–H groups in total. The SMILES string of the molecule is CCCCCOc1ncc[n+]([O-])c1C.CCCCCOc1nccnc1CC. The molecule has 0 radical (unpaired) electrons. The van der Waals surface area contributed by atoms with Crippen molar-refractivity contribution in [1.29, 1.82) is 0 Å². The molecular formula is C21H34N4O3. The summed E-state index contributed by atoms with van der Waals surface area (Å²) >= 11 is 0. The van der Waals surface area contributed by atoms with Gasteiger partial charge in [0, 0.05) is 19.3 Å². The third-order valence-corrected chi connectivity index (χ3v) is 4.08. The molecule has 2 aromatic rings. The Hall–Kier alpha value is -2.44. The predicted octanol–water partition coefficient (Wildman–Crippen LogP) is 4.20. The lowest BCUT2D eigenvalue weighted by atomic mass is 10.3. The van der Waals surface area contributed by atoms with Crippen LogP contribution in [-0.2, 0) is 6.42 Å². The Morgan fingerprint density at radius 2 is 1.39 bits per heavy atom. The molecule has 0 saturated heterocycles. The van der Waals surface area contributed by atoms with Crippen LogP contribution in [0.15, 0.2) is 24.8 Å². The van der Waals surface area contributed by atoms with Crippen molar-refractivity contribution >= 4 is 0 Å². The monoisotopic (exact) mass is 390 g/mol. The van der Waals surface area contributed by atoms with Gasteiger partial charge in [-0.3, -0.25) is 4.98 Å². The summed E-state index contributed by atoms with van der Waals surface area (Å²) in [7, 11) is 0. The molecule has 0 atom stereocenters. The fraction of sp³-hybridized carbons (Fsp3) is 0.619. The Bertz CT molecular complexity index is 668. The molecule has 2 heterocycles. The standard InChI is InChI=1S/C11H18N2O.C10H16N2O2/c1-3-5-6-9-14-11-10(4-2)12-7-8-13-11;1-3-4-5-8-14-10-9(2)12(13)7-6-11-10/h7-8H,3-6,9H2,1-2H3;6-7H,3-5,8H2,1-2H3. The average molecular weight is 391 g/mol. The number of ether oxygens (including phenoxy) is 2. The average Bonchev–Trinajstić information content (AvgIpc) is 2.72. The molecule has 2 rings (SSSR count). The van der Waals surface area contributed by atoms with E-state index in [1.54, 1.807) is 19.3 Å². The topological polar surface area (TPSA) is 84.1 Å². The first kappa shape index (κ1) is 23.6. The Kier molecular flexibility index (Phi) is 12.3. The molecular weight excluding hydrogens is 356 g/mol. The molecule has 0 aromatic carbocycles. The van der Waals surface area contributed by atoms with Crippen molar-refractivity contribution < 1.29 is 14.2 Å². The first-order valence-electron chi connectivity index (χ1n) is 10.2. The minimum atomic E-state index is 0.443. The third kappa shape index (κ3) is 8.97. The van der Waals surface area contributed by atoms with Crippen LogP contribution in [-0.4, -0.2) is 28.2 Å². The van der Waals surface area contributed by atoms with Gasteiger partial charge >= 0.3 is 0 Å². The molecule has 0 amide bonds. The number of hydrogen-bond donors (Lipinski definition) is 0. The highest BCUT2D eigenvalue weighted by Crippen LogP contribution is 2.12. The first-order valence-corrected chi connectivity index (χ1v) is 10.2. The summed E-state index contributed by atoms with van der Waals surface area (Å²) in [5.41, 5.74) is 1.47. The summed E-state index contributed by atoms with van der Waals surface area (Å²) in [4.78, 5) is 12.4. The van der Waals surface area contributed by atoms with Gasteiger partial charge in [0.1, 0.15) is 5.69 Å². The second-order valence-electron chi connectivity index (χ2n) is 6.42. The molecule has 28 heavy (non-hydrogen) atoms. The van der Waals surface area contributed by atoms with Crippen molar-refractivity contribution in [2.24, 2.45) is 0 Å². The quantitative estimate of drug-likeness (QED) is 0.325. The largest absolute Gasteiger partial charge is 0.618 e. The lowest BCUT2D eigenvalue weighted by Gasteiger charge is -2.07. The van der Waals surface area contributed by atoms with Gasteiger partial charge in [0.2, 0.25) is 5.88 Å². The van der Waals surface area contributed by atoms with Crippen LogP contribution in [0.25, 0.3) is 0 Å². The molecule has 7 heteroatoms. The number of unbranched alkanes of at least 4 members (excludes halogenated alkanes) is 4. The Labute approximate surface area is 168 Å². The molecule has 0 bridgehead atoms. The summed E-state index contributed by atoms with van der Waals surface area (Å²) in [5.74, 6) is 1.14. The van der Waals surface area contributed by atoms with Crippen molar-refractivity contribution in [1.82, 2.24) is 15.0 Å². The summed E-state index contributed by atoms with van der Waals surface area (Å²) in [5, 5.41) is 11.1. The molecule has 2 aromatic heterocycles. The molecule has 156 valence electrons. The van der Waals surface area contributed by atoms with Gasteiger partial charge in [-0.15, -0.1) is 0 Å². The maximum atomic E-state index is 11.1. The second kappa shape index (κ2) is 14.6. The Morgan fingerprint density at radius 3 is 2.00 bits per heavy atom. The van der Waals surface area contributed by atoms with Gasteiger partial charge in [0.05, 0.1) is 19.4 Å². The number of aryl methyl sites for hydroxylation is 1. The van der Waals surface area contributed by atoms with Crippen LogP contribution in [0.1, 0.15) is 70.7 Å². The second-order valence-corrected chi connectivity index (χ2v) is 6.42. The molecule has 7 nitrogen and oxygen atoms in total. The Balaban J connectivity index is 0.000000280. The zero-order valence-electron chi connectivity index (χ0n) is 17.7. The lowest BCUT2D eigenvalue weighted by molar-refractivity contribution is -0.613. The predicted molar refractivity (Wildman–Crippen MR) is 109 cm³/mol. The van der Waals surface area contributed by atoms with Crippen molar-refractivity contribution in [2.45, 2.75) is 72.6 Å². The minimum Gasteiger partial charge on any atom is -0.618 e. The summed E-state index contributed by atoms with van der Waals surface area (Å²) < 4.78 is 11.7.